The van der Waals surface area contributed by atoms with Crippen LogP contribution in [-0.2, 0) is 40.2 Å². The fourth-order valence-corrected chi connectivity index (χ4v) is 6.29. The molecule has 5 N–H and O–H groups in total. The quantitative estimate of drug-likeness (QED) is 0.0627. The third-order valence-electron chi connectivity index (χ3n) is 8.68. The molecule has 0 aliphatic heterocycles. The highest BCUT2D eigenvalue weighted by molar-refractivity contribution is 7.90. The maximum Gasteiger partial charge on any atom is 0.337 e. The van der Waals surface area contributed by atoms with Crippen LogP contribution in [0.3, 0.4) is 0 Å². The first-order valence-electron chi connectivity index (χ1n) is 17.4. The Morgan fingerprint density at radius 2 is 1.31 bits per heavy atom. The topological polar surface area (TPSA) is 212 Å². The van der Waals surface area contributed by atoms with Gasteiger partial charge in [-0.15, -0.1) is 0 Å². The molecule has 0 bridgehead atoms. The molecule has 0 radical (unpaired) electrons. The lowest BCUT2D eigenvalue weighted by Gasteiger charge is -2.29. The van der Waals surface area contributed by atoms with E-state index in [4.69, 9.17) is 0 Å². The molecule has 0 fully saturated rings. The number of carboxylic acid groups (broad SMARTS) is 3. The normalized spacial score (nSPS) is 14.0. The molecule has 0 saturated carbocycles. The zero-order chi connectivity index (χ0) is 38.0. The molecule has 51 heavy (non-hydrogen) atoms. The van der Waals surface area contributed by atoms with Crippen molar-refractivity contribution in [1.29, 1.82) is 0 Å². The fourth-order valence-electron chi connectivity index (χ4n) is 5.66. The number of carboxylic acids is 3. The highest BCUT2D eigenvalue weighted by Gasteiger charge is 2.49. The third kappa shape index (κ3) is 14.8. The van der Waals surface area contributed by atoms with Gasteiger partial charge in [-0.1, -0.05) is 94.0 Å². The number of Topliss-reactive ketones (excluding diaryl/α,β-unsaturated/α-hetero) is 1. The molecule has 0 aliphatic carbocycles. The Kier molecular flexibility index (Phi) is 17.7. The van der Waals surface area contributed by atoms with Crippen LogP contribution in [0.15, 0.2) is 65.6 Å². The second kappa shape index (κ2) is 21.1. The highest BCUT2D eigenvalue weighted by atomic mass is 32.2. The number of aliphatic carboxylic acids is 3. The van der Waals surface area contributed by atoms with Crippen LogP contribution < -0.4 is 5.32 Å². The van der Waals surface area contributed by atoms with Crippen molar-refractivity contribution >= 4 is 39.4 Å². The van der Waals surface area contributed by atoms with Crippen molar-refractivity contribution < 1.29 is 52.8 Å². The van der Waals surface area contributed by atoms with Gasteiger partial charge in [0.05, 0.1) is 17.2 Å². The molecule has 280 valence electrons. The fraction of sp³-hybridized carbons (Fsp3) is 0.500. The Morgan fingerprint density at radius 1 is 0.784 bits per heavy atom. The molecule has 2 aromatic carbocycles. The number of hydrogen-bond acceptors (Lipinski definition) is 8. The van der Waals surface area contributed by atoms with Crippen molar-refractivity contribution in [3.8, 4) is 11.1 Å². The first-order chi connectivity index (χ1) is 24.1. The molecule has 0 unspecified atom stereocenters. The van der Waals surface area contributed by atoms with E-state index in [-0.39, 0.29) is 17.1 Å². The second-order valence-corrected chi connectivity index (χ2v) is 15.0. The van der Waals surface area contributed by atoms with Gasteiger partial charge >= 0.3 is 17.9 Å². The van der Waals surface area contributed by atoms with Gasteiger partial charge in [0.1, 0.15) is 11.8 Å². The maximum atomic E-state index is 13.4. The second-order valence-electron chi connectivity index (χ2n) is 13.0. The van der Waals surface area contributed by atoms with Gasteiger partial charge < -0.3 is 25.7 Å². The summed E-state index contributed by atoms with van der Waals surface area (Å²) in [6, 6.07) is 11.3. The van der Waals surface area contributed by atoms with Crippen LogP contribution in [0, 0.1) is 5.92 Å². The van der Waals surface area contributed by atoms with Gasteiger partial charge in [-0.25, -0.2) is 18.0 Å². The maximum absolute atomic E-state index is 13.4. The van der Waals surface area contributed by atoms with Crippen molar-refractivity contribution in [1.82, 2.24) is 5.32 Å². The van der Waals surface area contributed by atoms with Gasteiger partial charge in [0.2, 0.25) is 5.91 Å². The van der Waals surface area contributed by atoms with Crippen LogP contribution in [0.4, 0.5) is 0 Å². The molecule has 12 nitrogen and oxygen atoms in total. The first-order valence-corrected chi connectivity index (χ1v) is 19.3. The number of allylic oxidation sites excluding steroid dienone is 1. The van der Waals surface area contributed by atoms with Crippen LogP contribution in [-0.4, -0.2) is 76.3 Å². The zero-order valence-electron chi connectivity index (χ0n) is 29.4. The van der Waals surface area contributed by atoms with Crippen LogP contribution >= 0.6 is 0 Å². The summed E-state index contributed by atoms with van der Waals surface area (Å²) >= 11 is 0. The van der Waals surface area contributed by atoms with Gasteiger partial charge in [0.25, 0.3) is 0 Å². The van der Waals surface area contributed by atoms with Crippen molar-refractivity contribution in [3.05, 3.63) is 66.2 Å². The molecule has 0 heterocycles. The Morgan fingerprint density at radius 3 is 1.80 bits per heavy atom. The number of rotatable bonds is 25. The number of unbranched alkanes of at least 4 members (excludes halogenated alkanes) is 8. The summed E-state index contributed by atoms with van der Waals surface area (Å²) in [6.45, 7) is 2.14. The molecular formula is C38H51NO11S. The molecule has 13 heteroatoms. The lowest BCUT2D eigenvalue weighted by molar-refractivity contribution is -0.172. The standard InChI is InChI=1S/C38H51NO11S/c1-3-4-5-8-11-14-30(40)15-12-9-6-7-10-13-16-32(38(48,37(46)47)26-34(41)42)35(43)39-33(36(44)45)25-27-17-19-28(20-18-27)29-21-23-31(24-22-29)51(2,49)50/h13,16-24,32-33,48H,3-12,14-15,25-26H2,1-2H3,(H,39,43)(H,41,42)(H,44,45)(H,46,47)/b16-13+/t32-,33+,38+/m1/s1. The predicted octanol–water partition coefficient (Wildman–Crippen LogP) is 5.60. The summed E-state index contributed by atoms with van der Waals surface area (Å²) in [6.07, 6.45) is 12.1. The number of nitrogens with one attached hydrogen (secondary N) is 1. The molecule has 0 spiro atoms. The molecule has 2 aromatic rings. The van der Waals surface area contributed by atoms with E-state index in [2.05, 4.69) is 12.2 Å². The number of sulfone groups is 1. The average molecular weight is 730 g/mol. The average Bonchev–Trinajstić information content (AvgIpc) is 3.06. The molecule has 0 aliphatic rings. The van der Waals surface area contributed by atoms with Crippen LogP contribution in [0.1, 0.15) is 96.0 Å². The number of ketones is 1. The van der Waals surface area contributed by atoms with E-state index in [1.165, 1.54) is 24.6 Å². The Hall–Kier alpha value is -4.36. The van der Waals surface area contributed by atoms with Crippen molar-refractivity contribution in [2.24, 2.45) is 5.92 Å². The Bertz CT molecular complexity index is 1600. The lowest BCUT2D eigenvalue weighted by Crippen LogP contribution is -2.55. The summed E-state index contributed by atoms with van der Waals surface area (Å²) in [7, 11) is -3.37. The number of amides is 1. The van der Waals surface area contributed by atoms with Gasteiger partial charge in [-0.2, -0.15) is 0 Å². The predicted molar refractivity (Wildman–Crippen MR) is 192 cm³/mol. The van der Waals surface area contributed by atoms with Crippen LogP contribution in [0.5, 0.6) is 0 Å². The minimum absolute atomic E-state index is 0.164. The third-order valence-corrected chi connectivity index (χ3v) is 9.80. The van der Waals surface area contributed by atoms with Crippen molar-refractivity contribution in [2.45, 2.75) is 113 Å². The summed E-state index contributed by atoms with van der Waals surface area (Å²) in [5.41, 5.74) is -1.11. The van der Waals surface area contributed by atoms with Crippen molar-refractivity contribution in [3.63, 3.8) is 0 Å². The minimum atomic E-state index is -3.37. The number of carbonyl (C=O) groups excluding carboxylic acids is 2. The van der Waals surface area contributed by atoms with Crippen LogP contribution in [0.25, 0.3) is 11.1 Å². The van der Waals surface area contributed by atoms with Gasteiger partial charge in [0.15, 0.2) is 15.4 Å². The number of carbonyl (C=O) groups is 5. The highest BCUT2D eigenvalue weighted by Crippen LogP contribution is 2.26. The van der Waals surface area contributed by atoms with E-state index in [9.17, 15) is 52.8 Å². The molecular weight excluding hydrogens is 678 g/mol. The van der Waals surface area contributed by atoms with E-state index in [0.717, 1.165) is 68.4 Å². The Balaban J connectivity index is 2.06. The van der Waals surface area contributed by atoms with E-state index >= 15 is 0 Å². The summed E-state index contributed by atoms with van der Waals surface area (Å²) in [4.78, 5) is 61.4. The van der Waals surface area contributed by atoms with Gasteiger partial charge in [-0.3, -0.25) is 14.4 Å². The Labute approximate surface area is 299 Å². The van der Waals surface area contributed by atoms with E-state index in [1.54, 1.807) is 36.4 Å². The molecule has 1 amide bonds. The number of hydrogen-bond donors (Lipinski definition) is 5. The van der Waals surface area contributed by atoms with E-state index < -0.39 is 57.6 Å². The molecule has 2 rings (SSSR count). The lowest BCUT2D eigenvalue weighted by atomic mass is 9.82. The SMILES string of the molecule is CCCCCCCC(=O)CCCCCC/C=C/[C@H](C(=O)N[C@@H](Cc1ccc(-c2ccc(S(C)(=O)=O)cc2)cc1)C(=O)O)[C@@](O)(CC(=O)O)C(=O)O. The van der Waals surface area contributed by atoms with E-state index in [0.29, 0.717) is 31.2 Å². The summed E-state index contributed by atoms with van der Waals surface area (Å²) in [5.74, 6) is -7.87. The van der Waals surface area contributed by atoms with Gasteiger partial charge in [0, 0.05) is 25.5 Å². The monoisotopic (exact) mass is 729 g/mol. The minimum Gasteiger partial charge on any atom is -0.481 e. The molecule has 3 atom stereocenters. The van der Waals surface area contributed by atoms with E-state index in [1.807, 2.05) is 0 Å². The largest absolute Gasteiger partial charge is 0.481 e. The molecule has 0 saturated heterocycles. The smallest absolute Gasteiger partial charge is 0.337 e. The summed E-state index contributed by atoms with van der Waals surface area (Å²) in [5, 5.41) is 42.3. The number of aliphatic hydroxyl groups is 1. The molecule has 0 aromatic heterocycles. The number of benzene rings is 2. The van der Waals surface area contributed by atoms with Crippen LogP contribution in [0.2, 0.25) is 0 Å². The van der Waals surface area contributed by atoms with Crippen molar-refractivity contribution in [2.75, 3.05) is 6.26 Å². The summed E-state index contributed by atoms with van der Waals surface area (Å²) < 4.78 is 23.5. The zero-order valence-corrected chi connectivity index (χ0v) is 30.2. The first kappa shape index (κ1) is 42.8. The van der Waals surface area contributed by atoms with Gasteiger partial charge in [-0.05, 0) is 54.5 Å².